The molecule has 1 saturated heterocycles. The van der Waals surface area contributed by atoms with Gasteiger partial charge in [-0.3, -0.25) is 14.3 Å². The minimum Gasteiger partial charge on any atom is -0.477 e. The summed E-state index contributed by atoms with van der Waals surface area (Å²) in [6.07, 6.45) is 2.48. The van der Waals surface area contributed by atoms with Crippen LogP contribution in [0.15, 0.2) is 30.5 Å². The minimum atomic E-state index is -1.13. The molecule has 1 aromatic carbocycles. The maximum absolute atomic E-state index is 11.8. The van der Waals surface area contributed by atoms with Gasteiger partial charge in [-0.15, -0.1) is 0 Å². The van der Waals surface area contributed by atoms with Gasteiger partial charge in [0, 0.05) is 27.2 Å². The van der Waals surface area contributed by atoms with Crippen LogP contribution in [0.25, 0.3) is 11.0 Å². The van der Waals surface area contributed by atoms with Crippen molar-refractivity contribution in [1.82, 2.24) is 24.2 Å². The topological polar surface area (TPSA) is 136 Å². The first kappa shape index (κ1) is 20.1. The van der Waals surface area contributed by atoms with Crippen molar-refractivity contribution in [1.29, 1.82) is 0 Å². The number of imidazole rings is 1. The van der Waals surface area contributed by atoms with Crippen LogP contribution in [0.1, 0.15) is 33.1 Å². The number of likely N-dealkylation sites (tertiary alicyclic amines) is 1. The molecule has 3 N–H and O–H groups in total. The average molecular weight is 398 g/mol. The van der Waals surface area contributed by atoms with Crippen LogP contribution in [0.2, 0.25) is 0 Å². The van der Waals surface area contributed by atoms with Gasteiger partial charge in [0.2, 0.25) is 5.91 Å². The Kier molecular flexibility index (Phi) is 5.62. The predicted molar refractivity (Wildman–Crippen MR) is 104 cm³/mol. The number of nitrogens with zero attached hydrogens (tertiary/aromatic N) is 5. The third-order valence-corrected chi connectivity index (χ3v) is 4.73. The highest BCUT2D eigenvalue weighted by molar-refractivity contribution is 6.03. The molecular weight excluding hydrogens is 376 g/mol. The van der Waals surface area contributed by atoms with E-state index >= 15 is 0 Å². The number of benzene rings is 1. The molecule has 0 radical (unpaired) electrons. The molecule has 1 fully saturated rings. The molecule has 3 heterocycles. The summed E-state index contributed by atoms with van der Waals surface area (Å²) in [4.78, 5) is 39.4. The number of rotatable bonds is 4. The molecule has 0 spiro atoms. The number of nitrogens with two attached hydrogens (primary N) is 1. The first-order valence-electron chi connectivity index (χ1n) is 9.02. The molecule has 0 saturated carbocycles. The molecule has 4 rings (SSSR count). The lowest BCUT2D eigenvalue weighted by Crippen LogP contribution is -2.42. The van der Waals surface area contributed by atoms with Crippen LogP contribution in [0, 0.1) is 0 Å². The van der Waals surface area contributed by atoms with Crippen LogP contribution >= 0.6 is 0 Å². The predicted octanol–water partition coefficient (Wildman–Crippen LogP) is 0.565. The Morgan fingerprint density at radius 1 is 1.17 bits per heavy atom. The number of hydrogen-bond acceptors (Lipinski definition) is 5. The van der Waals surface area contributed by atoms with E-state index in [9.17, 15) is 14.4 Å². The standard InChI is InChI=1S/C10H11N3O.C9H11N3O3/c1-13-8-5-3-2-4-7(8)12-10(13)6-9(11)14;1-11-7(9(14)15)6(5-10-11)8(13)12-3-2-4-12/h2-5H,6H2,1H3,(H2,11,14);5H,2-4H2,1H3,(H,14,15). The lowest BCUT2D eigenvalue weighted by atomic mass is 10.1. The van der Waals surface area contributed by atoms with Crippen molar-refractivity contribution in [2.75, 3.05) is 13.1 Å². The molecule has 10 heteroatoms. The monoisotopic (exact) mass is 398 g/mol. The first-order chi connectivity index (χ1) is 13.8. The number of amides is 2. The summed E-state index contributed by atoms with van der Waals surface area (Å²) in [5.74, 6) is -1.02. The van der Waals surface area contributed by atoms with Crippen molar-refractivity contribution >= 4 is 28.8 Å². The Labute approximate surface area is 166 Å². The van der Waals surface area contributed by atoms with E-state index in [-0.39, 0.29) is 29.5 Å². The van der Waals surface area contributed by atoms with E-state index < -0.39 is 5.97 Å². The minimum absolute atomic E-state index is 0.0492. The first-order valence-corrected chi connectivity index (χ1v) is 9.02. The lowest BCUT2D eigenvalue weighted by Gasteiger charge is -2.30. The summed E-state index contributed by atoms with van der Waals surface area (Å²) in [6.45, 7) is 1.40. The number of aromatic carboxylic acids is 1. The lowest BCUT2D eigenvalue weighted by molar-refractivity contribution is -0.117. The van der Waals surface area contributed by atoms with E-state index in [0.29, 0.717) is 18.9 Å². The SMILES string of the molecule is Cn1c(CC(N)=O)nc2ccccc21.Cn1ncc(C(=O)N2CCC2)c1C(=O)O. The van der Waals surface area contributed by atoms with Crippen molar-refractivity contribution in [2.45, 2.75) is 12.8 Å². The maximum atomic E-state index is 11.8. The van der Waals surface area contributed by atoms with E-state index in [1.165, 1.54) is 17.9 Å². The van der Waals surface area contributed by atoms with Crippen molar-refractivity contribution in [3.63, 3.8) is 0 Å². The molecule has 0 aliphatic carbocycles. The Morgan fingerprint density at radius 2 is 1.86 bits per heavy atom. The molecule has 152 valence electrons. The fourth-order valence-electron chi connectivity index (χ4n) is 3.05. The van der Waals surface area contributed by atoms with Gasteiger partial charge in [0.1, 0.15) is 5.82 Å². The number of hydrogen-bond donors (Lipinski definition) is 2. The molecule has 3 aromatic rings. The Bertz CT molecular complexity index is 1080. The van der Waals surface area contributed by atoms with Crippen LogP contribution < -0.4 is 5.73 Å². The van der Waals surface area contributed by atoms with Gasteiger partial charge in [-0.05, 0) is 18.6 Å². The molecule has 0 atom stereocenters. The molecule has 0 unspecified atom stereocenters. The van der Waals surface area contributed by atoms with Crippen molar-refractivity contribution in [3.05, 3.63) is 47.5 Å². The second kappa shape index (κ2) is 8.13. The molecule has 1 aliphatic rings. The van der Waals surface area contributed by atoms with Crippen LogP contribution in [0.5, 0.6) is 0 Å². The van der Waals surface area contributed by atoms with Crippen molar-refractivity contribution in [2.24, 2.45) is 19.8 Å². The zero-order chi connectivity index (χ0) is 21.1. The number of carboxylic acids is 1. The number of fused-ring (bicyclic) bond motifs is 1. The van der Waals surface area contributed by atoms with Crippen LogP contribution in [0.4, 0.5) is 0 Å². The molecule has 0 bridgehead atoms. The highest BCUT2D eigenvalue weighted by atomic mass is 16.4. The van der Waals surface area contributed by atoms with Gasteiger partial charge >= 0.3 is 5.97 Å². The summed E-state index contributed by atoms with van der Waals surface area (Å²) in [5.41, 5.74) is 7.16. The number of carbonyl (C=O) groups excluding carboxylic acids is 2. The fourth-order valence-corrected chi connectivity index (χ4v) is 3.05. The van der Waals surface area contributed by atoms with Gasteiger partial charge in [0.15, 0.2) is 5.69 Å². The second-order valence-electron chi connectivity index (χ2n) is 6.70. The van der Waals surface area contributed by atoms with Crippen molar-refractivity contribution < 1.29 is 19.5 Å². The van der Waals surface area contributed by atoms with E-state index in [0.717, 1.165) is 17.5 Å². The van der Waals surface area contributed by atoms with Gasteiger partial charge in [0.25, 0.3) is 5.91 Å². The zero-order valence-electron chi connectivity index (χ0n) is 16.2. The van der Waals surface area contributed by atoms with Crippen LogP contribution in [-0.4, -0.2) is 60.2 Å². The Morgan fingerprint density at radius 3 is 2.41 bits per heavy atom. The number of carboxylic acid groups (broad SMARTS) is 1. The fraction of sp³-hybridized carbons (Fsp3) is 0.316. The number of primary amides is 1. The van der Waals surface area contributed by atoms with Gasteiger partial charge in [0.05, 0.1) is 29.2 Å². The zero-order valence-corrected chi connectivity index (χ0v) is 16.2. The Hall–Kier alpha value is -3.69. The number of aromatic nitrogens is 4. The van der Waals surface area contributed by atoms with Crippen LogP contribution in [-0.2, 0) is 25.3 Å². The molecule has 10 nitrogen and oxygen atoms in total. The normalized spacial score (nSPS) is 12.8. The van der Waals surface area contributed by atoms with Crippen molar-refractivity contribution in [3.8, 4) is 0 Å². The molecule has 1 aliphatic heterocycles. The maximum Gasteiger partial charge on any atom is 0.354 e. The van der Waals surface area contributed by atoms with Gasteiger partial charge in [-0.2, -0.15) is 5.10 Å². The summed E-state index contributed by atoms with van der Waals surface area (Å²) in [5, 5.41) is 12.7. The number of carbonyl (C=O) groups is 3. The highest BCUT2D eigenvalue weighted by Gasteiger charge is 2.28. The second-order valence-corrected chi connectivity index (χ2v) is 6.70. The number of para-hydroxylation sites is 2. The summed E-state index contributed by atoms with van der Waals surface area (Å²) in [6, 6.07) is 7.74. The summed E-state index contributed by atoms with van der Waals surface area (Å²) < 4.78 is 3.09. The van der Waals surface area contributed by atoms with Gasteiger partial charge < -0.3 is 20.3 Å². The van der Waals surface area contributed by atoms with E-state index in [4.69, 9.17) is 10.8 Å². The number of aryl methyl sites for hydroxylation is 2. The average Bonchev–Trinajstić information content (AvgIpc) is 3.15. The smallest absolute Gasteiger partial charge is 0.354 e. The van der Waals surface area contributed by atoms with Gasteiger partial charge in [-0.25, -0.2) is 9.78 Å². The van der Waals surface area contributed by atoms with Crippen LogP contribution in [0.3, 0.4) is 0 Å². The molecule has 29 heavy (non-hydrogen) atoms. The van der Waals surface area contributed by atoms with E-state index in [1.807, 2.05) is 35.9 Å². The third kappa shape index (κ3) is 4.10. The quantitative estimate of drug-likeness (QED) is 0.659. The molecule has 2 amide bonds. The summed E-state index contributed by atoms with van der Waals surface area (Å²) >= 11 is 0. The van der Waals surface area contributed by atoms with E-state index in [2.05, 4.69) is 10.1 Å². The summed E-state index contributed by atoms with van der Waals surface area (Å²) in [7, 11) is 3.39. The Balaban J connectivity index is 0.000000166. The largest absolute Gasteiger partial charge is 0.477 e. The molecular formula is C19H22N6O4. The third-order valence-electron chi connectivity index (χ3n) is 4.73. The highest BCUT2D eigenvalue weighted by Crippen LogP contribution is 2.16. The van der Waals surface area contributed by atoms with E-state index in [1.54, 1.807) is 4.90 Å². The molecule has 2 aromatic heterocycles. The van der Waals surface area contributed by atoms with Gasteiger partial charge in [-0.1, -0.05) is 12.1 Å².